The Morgan fingerprint density at radius 2 is 2.05 bits per heavy atom. The van der Waals surface area contributed by atoms with Gasteiger partial charge in [-0.1, -0.05) is 35.0 Å². The van der Waals surface area contributed by atoms with Gasteiger partial charge in [-0.15, -0.1) is 0 Å². The fourth-order valence-corrected chi connectivity index (χ4v) is 1.99. The van der Waals surface area contributed by atoms with E-state index in [1.165, 1.54) is 0 Å². The van der Waals surface area contributed by atoms with Gasteiger partial charge in [0.2, 0.25) is 0 Å². The van der Waals surface area contributed by atoms with Crippen LogP contribution in [0.4, 0.5) is 13.2 Å². The zero-order chi connectivity index (χ0) is 15.3. The Bertz CT molecular complexity index is 479. The minimum atomic E-state index is -4.59. The van der Waals surface area contributed by atoms with Crippen LogP contribution in [0.3, 0.4) is 0 Å². The summed E-state index contributed by atoms with van der Waals surface area (Å²) in [6, 6.07) is 6.43. The van der Waals surface area contributed by atoms with Crippen LogP contribution >= 0.6 is 11.6 Å². The molecule has 4 nitrogen and oxygen atoms in total. The molecule has 112 valence electrons. The molecule has 4 N–H and O–H groups in total. The molecule has 0 radical (unpaired) electrons. The Balaban J connectivity index is 2.76. The molecule has 0 saturated carbocycles. The van der Waals surface area contributed by atoms with Crippen LogP contribution < -0.4 is 11.1 Å². The molecule has 1 unspecified atom stereocenters. The molecule has 0 amide bonds. The summed E-state index contributed by atoms with van der Waals surface area (Å²) < 4.78 is 38.3. The molecule has 0 fully saturated rings. The number of nitrogens with one attached hydrogen (secondary N) is 1. The predicted molar refractivity (Wildman–Crippen MR) is 70.8 cm³/mol. The number of nitrogens with two attached hydrogens (primary N) is 1. The Kier molecular flexibility index (Phi) is 5.64. The molecule has 0 aromatic heterocycles. The number of hydrogen-bond donors (Lipinski definition) is 3. The average Bonchev–Trinajstić information content (AvgIpc) is 2.37. The van der Waals surface area contributed by atoms with Crippen molar-refractivity contribution in [3.8, 4) is 0 Å². The molecule has 1 aromatic carbocycles. The van der Waals surface area contributed by atoms with Gasteiger partial charge in [0, 0.05) is 17.6 Å². The summed E-state index contributed by atoms with van der Waals surface area (Å²) in [5, 5.41) is 14.0. The van der Waals surface area contributed by atoms with Gasteiger partial charge in [0.15, 0.2) is 5.84 Å². The van der Waals surface area contributed by atoms with E-state index in [-0.39, 0.29) is 0 Å². The van der Waals surface area contributed by atoms with Gasteiger partial charge in [-0.25, -0.2) is 0 Å². The number of benzene rings is 1. The second-order valence-electron chi connectivity index (χ2n) is 4.27. The molecule has 1 aromatic rings. The van der Waals surface area contributed by atoms with Gasteiger partial charge in [0.1, 0.15) is 5.92 Å². The molecule has 0 bridgehead atoms. The van der Waals surface area contributed by atoms with Crippen molar-refractivity contribution in [3.63, 3.8) is 0 Å². The van der Waals surface area contributed by atoms with Crippen LogP contribution in [-0.4, -0.2) is 23.8 Å². The number of rotatable bonds is 5. The molecular weight excluding hydrogens is 295 g/mol. The molecule has 0 saturated heterocycles. The number of oxime groups is 1. The minimum absolute atomic E-state index is 0.403. The maximum Gasteiger partial charge on any atom is 0.400 e. The van der Waals surface area contributed by atoms with Crippen molar-refractivity contribution < 1.29 is 18.4 Å². The summed E-state index contributed by atoms with van der Waals surface area (Å²) in [4.78, 5) is 0. The highest BCUT2D eigenvalue weighted by molar-refractivity contribution is 6.31. The average molecular weight is 310 g/mol. The van der Waals surface area contributed by atoms with Crippen LogP contribution in [0, 0.1) is 5.92 Å². The minimum Gasteiger partial charge on any atom is -0.409 e. The van der Waals surface area contributed by atoms with Crippen LogP contribution in [0.25, 0.3) is 0 Å². The van der Waals surface area contributed by atoms with Gasteiger partial charge in [0.25, 0.3) is 0 Å². The van der Waals surface area contributed by atoms with Crippen molar-refractivity contribution in [2.45, 2.75) is 19.1 Å². The maximum atomic E-state index is 12.8. The molecule has 0 aliphatic rings. The lowest BCUT2D eigenvalue weighted by molar-refractivity contribution is -0.155. The first-order chi connectivity index (χ1) is 9.27. The summed E-state index contributed by atoms with van der Waals surface area (Å²) in [7, 11) is 0. The van der Waals surface area contributed by atoms with Crippen LogP contribution in [0.5, 0.6) is 0 Å². The number of halogens is 4. The highest BCUT2D eigenvalue weighted by Crippen LogP contribution is 2.27. The normalized spacial score (nSPS) is 15.9. The quantitative estimate of drug-likeness (QED) is 0.339. The largest absolute Gasteiger partial charge is 0.409 e. The van der Waals surface area contributed by atoms with Gasteiger partial charge in [-0.2, -0.15) is 13.2 Å². The molecule has 0 aliphatic carbocycles. The van der Waals surface area contributed by atoms with Gasteiger partial charge in [0.05, 0.1) is 0 Å². The van der Waals surface area contributed by atoms with Crippen LogP contribution in [-0.2, 0) is 0 Å². The first-order valence-corrected chi connectivity index (χ1v) is 6.17. The Hall–Kier alpha value is -1.47. The molecule has 0 aliphatic heterocycles. The summed E-state index contributed by atoms with van der Waals surface area (Å²) in [6.07, 6.45) is -4.59. The van der Waals surface area contributed by atoms with Gasteiger partial charge in [-0.3, -0.25) is 0 Å². The first kappa shape index (κ1) is 16.6. The third-order valence-electron chi connectivity index (χ3n) is 2.87. The van der Waals surface area contributed by atoms with E-state index in [2.05, 4.69) is 10.5 Å². The number of amidine groups is 1. The lowest BCUT2D eigenvalue weighted by Gasteiger charge is -2.22. The predicted octanol–water partition coefficient (Wildman–Crippen LogP) is 2.92. The van der Waals surface area contributed by atoms with Crippen molar-refractivity contribution in [1.82, 2.24) is 5.32 Å². The lowest BCUT2D eigenvalue weighted by Crippen LogP contribution is -2.43. The number of nitrogens with zero attached hydrogens (tertiary/aromatic N) is 1. The smallest absolute Gasteiger partial charge is 0.400 e. The molecule has 20 heavy (non-hydrogen) atoms. The van der Waals surface area contributed by atoms with Crippen LogP contribution in [0.15, 0.2) is 29.4 Å². The molecule has 0 heterocycles. The second kappa shape index (κ2) is 6.81. The van der Waals surface area contributed by atoms with E-state index in [0.717, 1.165) is 0 Å². The zero-order valence-corrected chi connectivity index (χ0v) is 11.4. The van der Waals surface area contributed by atoms with Crippen LogP contribution in [0.2, 0.25) is 5.02 Å². The second-order valence-corrected chi connectivity index (χ2v) is 4.68. The highest BCUT2D eigenvalue weighted by atomic mass is 35.5. The van der Waals surface area contributed by atoms with Crippen molar-refractivity contribution in [2.24, 2.45) is 16.8 Å². The Morgan fingerprint density at radius 3 is 2.55 bits per heavy atom. The SMILES string of the molecule is C[C@@H](NCC(/C(N)=N/O)C(F)(F)F)c1ccccc1Cl. The lowest BCUT2D eigenvalue weighted by atomic mass is 10.1. The molecular formula is C12H15ClF3N3O. The zero-order valence-electron chi connectivity index (χ0n) is 10.7. The summed E-state index contributed by atoms with van der Waals surface area (Å²) in [5.74, 6) is -2.94. The highest BCUT2D eigenvalue weighted by Gasteiger charge is 2.42. The molecule has 1 rings (SSSR count). The third-order valence-corrected chi connectivity index (χ3v) is 3.21. The standard InChI is InChI=1S/C12H15ClF3N3O/c1-7(8-4-2-3-5-10(8)13)18-6-9(11(17)19-20)12(14,15)16/h2-5,7,9,18,20H,6H2,1H3,(H2,17,19)/t7-,9?/m1/s1. The van der Waals surface area contributed by atoms with E-state index in [1.54, 1.807) is 31.2 Å². The van der Waals surface area contributed by atoms with Gasteiger partial charge in [-0.05, 0) is 18.6 Å². The van der Waals surface area contributed by atoms with E-state index in [1.807, 2.05) is 0 Å². The van der Waals surface area contributed by atoms with Gasteiger partial charge < -0.3 is 16.3 Å². The third kappa shape index (κ3) is 4.28. The van der Waals surface area contributed by atoms with Crippen molar-refractivity contribution in [3.05, 3.63) is 34.9 Å². The number of hydrogen-bond acceptors (Lipinski definition) is 3. The van der Waals surface area contributed by atoms with E-state index >= 15 is 0 Å². The van der Waals surface area contributed by atoms with Crippen molar-refractivity contribution >= 4 is 17.4 Å². The maximum absolute atomic E-state index is 12.8. The summed E-state index contributed by atoms with van der Waals surface area (Å²) in [6.45, 7) is 1.17. The topological polar surface area (TPSA) is 70.6 Å². The molecule has 0 spiro atoms. The van der Waals surface area contributed by atoms with E-state index in [4.69, 9.17) is 22.5 Å². The fourth-order valence-electron chi connectivity index (χ4n) is 1.69. The van der Waals surface area contributed by atoms with Crippen LogP contribution in [0.1, 0.15) is 18.5 Å². The monoisotopic (exact) mass is 309 g/mol. The summed E-state index contributed by atoms with van der Waals surface area (Å²) >= 11 is 5.96. The van der Waals surface area contributed by atoms with Gasteiger partial charge >= 0.3 is 6.18 Å². The number of alkyl halides is 3. The van der Waals surface area contributed by atoms with Crippen molar-refractivity contribution in [2.75, 3.05) is 6.54 Å². The molecule has 8 heteroatoms. The Morgan fingerprint density at radius 1 is 1.45 bits per heavy atom. The Labute approximate surface area is 119 Å². The fraction of sp³-hybridized carbons (Fsp3) is 0.417. The van der Waals surface area contributed by atoms with Crippen molar-refractivity contribution in [1.29, 1.82) is 0 Å². The summed E-state index contributed by atoms with van der Waals surface area (Å²) in [5.41, 5.74) is 5.75. The van der Waals surface area contributed by atoms with E-state index in [9.17, 15) is 13.2 Å². The van der Waals surface area contributed by atoms with E-state index in [0.29, 0.717) is 10.6 Å². The first-order valence-electron chi connectivity index (χ1n) is 5.79. The molecule has 2 atom stereocenters. The van der Waals surface area contributed by atoms with E-state index < -0.39 is 30.5 Å².